The summed E-state index contributed by atoms with van der Waals surface area (Å²) in [6.07, 6.45) is 0. The fourth-order valence-electron chi connectivity index (χ4n) is 1.29. The zero-order chi connectivity index (χ0) is 10.8. The van der Waals surface area contributed by atoms with Crippen LogP contribution in [0.3, 0.4) is 0 Å². The second-order valence-corrected chi connectivity index (χ2v) is 3.78. The van der Waals surface area contributed by atoms with Gasteiger partial charge in [-0.1, -0.05) is 0 Å². The van der Waals surface area contributed by atoms with Crippen LogP contribution in [-0.2, 0) is 0 Å². The first-order chi connectivity index (χ1) is 7.18. The Morgan fingerprint density at radius 2 is 2.13 bits per heavy atom. The molecule has 0 radical (unpaired) electrons. The topological polar surface area (TPSA) is 38.9 Å². The van der Waals surface area contributed by atoms with Crippen LogP contribution in [0.15, 0.2) is 29.1 Å². The van der Waals surface area contributed by atoms with Crippen LogP contribution in [0.1, 0.15) is 17.3 Å². The summed E-state index contributed by atoms with van der Waals surface area (Å²) >= 11 is 1.37. The number of thiazole rings is 1. The van der Waals surface area contributed by atoms with E-state index in [-0.39, 0.29) is 5.56 Å². The Morgan fingerprint density at radius 3 is 2.80 bits per heavy atom. The van der Waals surface area contributed by atoms with Gasteiger partial charge in [0.15, 0.2) is 0 Å². The molecule has 0 aliphatic carbocycles. The van der Waals surface area contributed by atoms with Crippen molar-refractivity contribution in [3.8, 4) is 0 Å². The summed E-state index contributed by atoms with van der Waals surface area (Å²) in [4.78, 5) is 3.97. The minimum Gasteiger partial charge on any atom is -0.319 e. The van der Waals surface area contributed by atoms with Gasteiger partial charge >= 0.3 is 0 Å². The number of aromatic nitrogens is 1. The zero-order valence-corrected chi connectivity index (χ0v) is 8.47. The maximum Gasteiger partial charge on any atom is 0.128 e. The number of halogens is 2. The fraction of sp³-hybridized carbons (Fsp3) is 0.100. The molecule has 0 aliphatic rings. The molecule has 0 aliphatic heterocycles. The number of nitrogens with zero attached hydrogens (tertiary/aromatic N) is 1. The highest BCUT2D eigenvalue weighted by molar-refractivity contribution is 7.07. The SMILES string of the molecule is NC(c1cscn1)c1cc(F)ccc1F. The van der Waals surface area contributed by atoms with Crippen LogP contribution in [0.2, 0.25) is 0 Å². The number of hydrogen-bond donors (Lipinski definition) is 1. The zero-order valence-electron chi connectivity index (χ0n) is 7.65. The first-order valence-corrected chi connectivity index (χ1v) is 5.21. The van der Waals surface area contributed by atoms with Crippen molar-refractivity contribution < 1.29 is 8.78 Å². The Balaban J connectivity index is 2.41. The Hall–Kier alpha value is -1.33. The molecular weight excluding hydrogens is 218 g/mol. The molecule has 1 aromatic carbocycles. The van der Waals surface area contributed by atoms with Gasteiger partial charge in [-0.15, -0.1) is 11.3 Å². The van der Waals surface area contributed by atoms with Crippen LogP contribution in [0.4, 0.5) is 8.78 Å². The number of benzene rings is 1. The van der Waals surface area contributed by atoms with Gasteiger partial charge in [0.2, 0.25) is 0 Å². The van der Waals surface area contributed by atoms with Crippen molar-refractivity contribution >= 4 is 11.3 Å². The van der Waals surface area contributed by atoms with Crippen molar-refractivity contribution in [3.63, 3.8) is 0 Å². The molecule has 5 heteroatoms. The monoisotopic (exact) mass is 226 g/mol. The van der Waals surface area contributed by atoms with Crippen LogP contribution < -0.4 is 5.73 Å². The quantitative estimate of drug-likeness (QED) is 0.854. The van der Waals surface area contributed by atoms with Gasteiger partial charge in [0.25, 0.3) is 0 Å². The standard InChI is InChI=1S/C10H8F2N2S/c11-6-1-2-8(12)7(3-6)10(13)9-4-15-5-14-9/h1-5,10H,13H2. The lowest BCUT2D eigenvalue weighted by Crippen LogP contribution is -2.14. The van der Waals surface area contributed by atoms with Crippen molar-refractivity contribution in [3.05, 3.63) is 52.0 Å². The molecule has 0 saturated carbocycles. The van der Waals surface area contributed by atoms with E-state index in [2.05, 4.69) is 4.98 Å². The largest absolute Gasteiger partial charge is 0.319 e. The third-order valence-electron chi connectivity index (χ3n) is 2.06. The summed E-state index contributed by atoms with van der Waals surface area (Å²) in [6, 6.07) is 2.51. The molecule has 0 saturated heterocycles. The molecule has 0 amide bonds. The Bertz CT molecular complexity index is 456. The highest BCUT2D eigenvalue weighted by Gasteiger charge is 2.15. The molecule has 0 spiro atoms. The lowest BCUT2D eigenvalue weighted by atomic mass is 10.0. The van der Waals surface area contributed by atoms with Crippen molar-refractivity contribution in [1.82, 2.24) is 4.98 Å². The first kappa shape index (κ1) is 10.2. The third kappa shape index (κ3) is 2.03. The van der Waals surface area contributed by atoms with Crippen LogP contribution in [0, 0.1) is 11.6 Å². The molecule has 1 atom stereocenters. The number of rotatable bonds is 2. The van der Waals surface area contributed by atoms with Gasteiger partial charge in [-0.2, -0.15) is 0 Å². The van der Waals surface area contributed by atoms with Gasteiger partial charge in [-0.25, -0.2) is 13.8 Å². The minimum absolute atomic E-state index is 0.126. The molecule has 0 fully saturated rings. The smallest absolute Gasteiger partial charge is 0.128 e. The van der Waals surface area contributed by atoms with Gasteiger partial charge in [0.1, 0.15) is 11.6 Å². The molecule has 1 heterocycles. The first-order valence-electron chi connectivity index (χ1n) is 4.27. The summed E-state index contributed by atoms with van der Waals surface area (Å²) in [5.41, 5.74) is 8.04. The van der Waals surface area contributed by atoms with Crippen LogP contribution in [-0.4, -0.2) is 4.98 Å². The van der Waals surface area contributed by atoms with E-state index in [9.17, 15) is 8.78 Å². The summed E-state index contributed by atoms with van der Waals surface area (Å²) < 4.78 is 26.3. The molecule has 2 rings (SSSR count). The highest BCUT2D eigenvalue weighted by atomic mass is 32.1. The average Bonchev–Trinajstić information content (AvgIpc) is 2.74. The Kier molecular flexibility index (Phi) is 2.75. The molecule has 2 aromatic rings. The second kappa shape index (κ2) is 4.04. The summed E-state index contributed by atoms with van der Waals surface area (Å²) in [6.45, 7) is 0. The van der Waals surface area contributed by atoms with Gasteiger partial charge < -0.3 is 5.73 Å². The van der Waals surface area contributed by atoms with Crippen molar-refractivity contribution in [2.24, 2.45) is 5.73 Å². The van der Waals surface area contributed by atoms with Crippen LogP contribution in [0.25, 0.3) is 0 Å². The molecule has 15 heavy (non-hydrogen) atoms. The summed E-state index contributed by atoms with van der Waals surface area (Å²) in [7, 11) is 0. The molecule has 0 bridgehead atoms. The molecule has 2 N–H and O–H groups in total. The maximum absolute atomic E-state index is 13.3. The van der Waals surface area contributed by atoms with Crippen LogP contribution in [0.5, 0.6) is 0 Å². The lowest BCUT2D eigenvalue weighted by molar-refractivity contribution is 0.575. The number of nitrogens with two attached hydrogens (primary N) is 1. The van der Waals surface area contributed by atoms with E-state index >= 15 is 0 Å². The molecule has 1 aromatic heterocycles. The van der Waals surface area contributed by atoms with E-state index in [1.807, 2.05) is 0 Å². The van der Waals surface area contributed by atoms with Crippen molar-refractivity contribution in [2.45, 2.75) is 6.04 Å². The summed E-state index contributed by atoms with van der Waals surface area (Å²) in [5.74, 6) is -1.02. The molecule has 1 unspecified atom stereocenters. The number of hydrogen-bond acceptors (Lipinski definition) is 3. The van der Waals surface area contributed by atoms with Gasteiger partial charge in [0.05, 0.1) is 17.2 Å². The Morgan fingerprint density at radius 1 is 1.33 bits per heavy atom. The predicted octanol–water partition coefficient (Wildman–Crippen LogP) is 2.47. The fourth-order valence-corrected chi connectivity index (χ4v) is 1.88. The Labute approximate surface area is 89.4 Å². The van der Waals surface area contributed by atoms with Gasteiger partial charge in [-0.3, -0.25) is 0 Å². The average molecular weight is 226 g/mol. The second-order valence-electron chi connectivity index (χ2n) is 3.06. The normalized spacial score (nSPS) is 12.7. The predicted molar refractivity (Wildman–Crippen MR) is 54.5 cm³/mol. The van der Waals surface area contributed by atoms with E-state index in [0.29, 0.717) is 5.69 Å². The van der Waals surface area contributed by atoms with Gasteiger partial charge in [0, 0.05) is 10.9 Å². The van der Waals surface area contributed by atoms with E-state index < -0.39 is 17.7 Å². The third-order valence-corrected chi connectivity index (χ3v) is 2.67. The molecule has 78 valence electrons. The summed E-state index contributed by atoms with van der Waals surface area (Å²) in [5, 5.41) is 1.72. The molecular formula is C10H8F2N2S. The van der Waals surface area contributed by atoms with Crippen molar-refractivity contribution in [2.75, 3.05) is 0 Å². The lowest BCUT2D eigenvalue weighted by Gasteiger charge is -2.10. The van der Waals surface area contributed by atoms with E-state index in [1.165, 1.54) is 11.3 Å². The minimum atomic E-state index is -0.716. The van der Waals surface area contributed by atoms with E-state index in [4.69, 9.17) is 5.73 Å². The highest BCUT2D eigenvalue weighted by Crippen LogP contribution is 2.22. The van der Waals surface area contributed by atoms with E-state index in [0.717, 1.165) is 18.2 Å². The van der Waals surface area contributed by atoms with Crippen molar-refractivity contribution in [1.29, 1.82) is 0 Å². The molecule has 2 nitrogen and oxygen atoms in total. The van der Waals surface area contributed by atoms with Crippen LogP contribution >= 0.6 is 11.3 Å². The van der Waals surface area contributed by atoms with E-state index in [1.54, 1.807) is 10.9 Å². The van der Waals surface area contributed by atoms with Gasteiger partial charge in [-0.05, 0) is 18.2 Å². The maximum atomic E-state index is 13.3.